The van der Waals surface area contributed by atoms with E-state index in [2.05, 4.69) is 138 Å². The number of aliphatic hydroxyl groups excluding tert-OH is 2. The first-order valence-electron chi connectivity index (χ1n) is 41.8. The summed E-state index contributed by atoms with van der Waals surface area (Å²) < 4.78 is 76.7. The average molecular weight is 1840 g/mol. The Morgan fingerprint density at radius 2 is 0.897 bits per heavy atom. The van der Waals surface area contributed by atoms with Crippen LogP contribution in [0.1, 0.15) is 199 Å². The number of nitrogens with one attached hydrogen (secondary N) is 2. The predicted octanol–water partition coefficient (Wildman–Crippen LogP) is 17.3. The number of carboxylic acids is 2. The molecule has 7 atom stereocenters. The molecule has 4 heterocycles. The van der Waals surface area contributed by atoms with Crippen LogP contribution in [0.3, 0.4) is 0 Å². The maximum absolute atomic E-state index is 11.3. The van der Waals surface area contributed by atoms with Gasteiger partial charge in [-0.25, -0.2) is 8.42 Å². The molecule has 4 aliphatic rings. The smallest absolute Gasteiger partial charge is 0.321 e. The second kappa shape index (κ2) is 69.2. The van der Waals surface area contributed by atoms with Crippen molar-refractivity contribution in [2.24, 2.45) is 5.73 Å². The number of aliphatic carboxylic acids is 2. The van der Waals surface area contributed by atoms with Crippen molar-refractivity contribution in [3.8, 4) is 0 Å². The summed E-state index contributed by atoms with van der Waals surface area (Å²) in [5, 5.41) is 40.4. The minimum absolute atomic E-state index is 0.0223. The van der Waals surface area contributed by atoms with Crippen LogP contribution < -0.4 is 16.4 Å². The Balaban J connectivity index is 0.00000139. The van der Waals surface area contributed by atoms with Crippen LogP contribution in [0.5, 0.6) is 0 Å². The Labute approximate surface area is 757 Å². The highest BCUT2D eigenvalue weighted by Gasteiger charge is 2.35. The number of rotatable bonds is 23. The number of nitrogens with zero attached hydrogens (tertiary/aromatic N) is 1. The Bertz CT molecular complexity index is 4660. The van der Waals surface area contributed by atoms with Gasteiger partial charge in [0.25, 0.3) is 20.2 Å². The van der Waals surface area contributed by atoms with Crippen LogP contribution in [-0.4, -0.2) is 163 Å². The van der Waals surface area contributed by atoms with E-state index in [1.807, 2.05) is 207 Å². The van der Waals surface area contributed by atoms with Gasteiger partial charge in [0.2, 0.25) is 26.1 Å². The molecule has 0 spiro atoms. The molecule has 9 aromatic rings. The molecule has 8 N–H and O–H groups in total. The van der Waals surface area contributed by atoms with Gasteiger partial charge in [0.1, 0.15) is 0 Å². The fourth-order valence-electron chi connectivity index (χ4n) is 12.1. The molecule has 0 saturated carbocycles. The molecule has 4 saturated heterocycles. The molecule has 0 unspecified atom stereocenters. The number of imide groups is 1. The first kappa shape index (κ1) is 116. The lowest BCUT2D eigenvalue weighted by Gasteiger charge is -2.16. The third kappa shape index (κ3) is 55.5. The van der Waals surface area contributed by atoms with Crippen LogP contribution in [0.2, 0.25) is 0 Å². The summed E-state index contributed by atoms with van der Waals surface area (Å²) in [5.41, 5.74) is 15.2. The van der Waals surface area contributed by atoms with Gasteiger partial charge in [-0.05, 0) is 112 Å². The Hall–Kier alpha value is -9.98. The standard InChI is InChI=1S/C17H19N.C12H18O6S2.C10H9NO2.C10H13N.C10H10O4.C10H8O3.C10H14O2.C7H9N.C2H3ClO.4C2H6.CH3ClO2S/c1-3-7-15(8-4-1)13-18-12-11-17(14-18)16-9-5-2-6-10-16;1-19(13,14)17-9-8-12(10-18-20(2,15)16)11-6-4-3-5-7-11;12-9-6-8(10(13)11-9)7-4-2-1-3-5-7;1-2-4-9(5-3-1)10-6-7-11-8-10;11-9(12)6-8(10(13)14)7-4-2-1-3-5-7;11-9-6-8(10(12)13-9)7-4-2-1-3-5-7;11-7-6-10(8-12)9-4-2-1-3-5-9;8-6-7-4-2-1-3-5-7;1-2(3)4;4*1-2;1-5(2,3)4/h1-10,17H,11-14H2;3-7,12H,8-10H2,1-2H3;1-5,8H,6H2,(H,11,12,13);1-5,10-11H,6-8H2;1-5,8H,6H2,(H,11,12)(H,13,14);1-5,8H,6H2;1-5,10-12H,6-8H2;1-5H,6,8H2;1H3;4*1-2H3;1H3/t17-;12-;8-;10-;2*8-;10-;;;;;;;/m0010110......./s1. The number of carbonyl (C=O) groups is 7. The van der Waals surface area contributed by atoms with Crippen LogP contribution in [0.15, 0.2) is 273 Å². The largest absolute Gasteiger partial charge is 0.481 e. The number of esters is 2. The first-order valence-corrected chi connectivity index (χ1v) is 48.5. The molecular weight excluding hydrogens is 1710 g/mol. The fourth-order valence-corrected chi connectivity index (χ4v) is 12.9. The third-order valence-electron chi connectivity index (χ3n) is 17.8. The number of carbonyl (C=O) groups excluding carboxylic acids is 5. The number of aliphatic hydroxyl groups is 2. The van der Waals surface area contributed by atoms with Crippen LogP contribution in [0, 0.1) is 0 Å². The maximum Gasteiger partial charge on any atom is 0.321 e. The quantitative estimate of drug-likeness (QED) is 0.0103. The molecule has 0 aromatic heterocycles. The lowest BCUT2D eigenvalue weighted by Crippen LogP contribution is -2.21. The van der Waals surface area contributed by atoms with E-state index in [0.717, 1.165) is 65.9 Å². The number of likely N-dealkylation sites (tertiary alicyclic amines) is 1. The summed E-state index contributed by atoms with van der Waals surface area (Å²) in [6, 6.07) is 88.2. The number of cyclic esters (lactones) is 2. The Morgan fingerprint density at radius 3 is 1.24 bits per heavy atom. The minimum atomic E-state index is -3.54. The molecule has 0 bridgehead atoms. The van der Waals surface area contributed by atoms with Crippen molar-refractivity contribution in [2.75, 3.05) is 71.4 Å². The molecule has 13 rings (SSSR count). The summed E-state index contributed by atoms with van der Waals surface area (Å²) in [7, 11) is -5.74. The summed E-state index contributed by atoms with van der Waals surface area (Å²) >= 11 is 4.64. The molecule has 29 heteroatoms. The van der Waals surface area contributed by atoms with Crippen molar-refractivity contribution in [3.05, 3.63) is 323 Å². The van der Waals surface area contributed by atoms with Crippen molar-refractivity contribution in [1.82, 2.24) is 15.5 Å². The number of carboxylic acid groups (broad SMARTS) is 2. The van der Waals surface area contributed by atoms with Crippen LogP contribution in [-0.2, 0) is 89.0 Å². The second-order valence-electron chi connectivity index (χ2n) is 27.2. The molecule has 126 heavy (non-hydrogen) atoms. The highest BCUT2D eigenvalue weighted by atomic mass is 35.7. The minimum Gasteiger partial charge on any atom is -0.481 e. The van der Waals surface area contributed by atoms with Gasteiger partial charge in [-0.3, -0.25) is 52.1 Å². The highest BCUT2D eigenvalue weighted by Crippen LogP contribution is 2.30. The summed E-state index contributed by atoms with van der Waals surface area (Å²) in [5.74, 6) is -3.80. The average Bonchev–Trinajstić information content (AvgIpc) is 1.71. The SMILES string of the molecule is CC.CC.CC.CC.CC(=O)Cl.CS(=O)(=O)Cl.CS(=O)(=O)OCC[C@@H](COS(C)(=O)=O)c1ccccc1.NCc1ccccc1.O=C(O)C[C@@H](C(=O)O)c1ccccc1.O=C1C[C@H](c2ccccc2)C(=O)N1.O=C1C[C@H](c2ccccc2)C(=O)O1.OCC[C@@H](CO)c1ccccc1.c1ccc(CN2CC[C@H](c3ccccc3)C2)cc1.c1ccc([C@H]2CCNC2)cc1. The summed E-state index contributed by atoms with van der Waals surface area (Å²) in [6.07, 6.45) is 6.48. The normalized spacial score (nSPS) is 15.7. The number of halogens is 2. The van der Waals surface area contributed by atoms with E-state index in [4.69, 9.17) is 30.3 Å². The van der Waals surface area contributed by atoms with E-state index in [1.165, 1.54) is 61.7 Å². The lowest BCUT2D eigenvalue weighted by molar-refractivity contribution is -0.152. The number of hydrogen-bond acceptors (Lipinski definition) is 21. The zero-order valence-electron chi connectivity index (χ0n) is 74.4. The summed E-state index contributed by atoms with van der Waals surface area (Å²) in [6.45, 7) is 23.9. The van der Waals surface area contributed by atoms with Crippen LogP contribution in [0.25, 0.3) is 0 Å². The molecule has 9 aromatic carbocycles. The van der Waals surface area contributed by atoms with Crippen molar-refractivity contribution in [1.29, 1.82) is 0 Å². The van der Waals surface area contributed by atoms with Gasteiger partial charge in [-0.2, -0.15) is 16.8 Å². The van der Waals surface area contributed by atoms with E-state index in [0.29, 0.717) is 24.9 Å². The van der Waals surface area contributed by atoms with Gasteiger partial charge >= 0.3 is 23.9 Å². The number of hydrogen-bond donors (Lipinski definition) is 7. The second-order valence-corrected chi connectivity index (χ2v) is 34.1. The van der Waals surface area contributed by atoms with Crippen molar-refractivity contribution in [3.63, 3.8) is 0 Å². The van der Waals surface area contributed by atoms with Crippen LogP contribution in [0.4, 0.5) is 0 Å². The van der Waals surface area contributed by atoms with E-state index >= 15 is 0 Å². The molecule has 4 fully saturated rings. The van der Waals surface area contributed by atoms with Gasteiger partial charge in [-0.15, -0.1) is 0 Å². The van der Waals surface area contributed by atoms with Crippen LogP contribution >= 0.6 is 22.3 Å². The topological polar surface area (TPSA) is 384 Å². The molecule has 24 nitrogen and oxygen atoms in total. The van der Waals surface area contributed by atoms with E-state index in [-0.39, 0.29) is 80.5 Å². The number of benzene rings is 9. The van der Waals surface area contributed by atoms with Crippen molar-refractivity contribution < 1.29 is 92.3 Å². The maximum atomic E-state index is 11.3. The molecule has 4 aliphatic heterocycles. The number of amides is 2. The molecule has 0 aliphatic carbocycles. The zero-order valence-corrected chi connectivity index (χ0v) is 78.3. The Kier molecular flexibility index (Phi) is 63.7. The van der Waals surface area contributed by atoms with Crippen molar-refractivity contribution >= 4 is 92.5 Å². The van der Waals surface area contributed by atoms with E-state index < -0.39 is 65.0 Å². The fraction of sp³-hybridized carbons (Fsp3) is 0.371. The lowest BCUT2D eigenvalue weighted by atomic mass is 9.96. The number of ether oxygens (including phenoxy) is 1. The predicted molar refractivity (Wildman–Crippen MR) is 503 cm³/mol. The zero-order chi connectivity index (χ0) is 94.7. The number of nitrogens with two attached hydrogens (primary N) is 1. The monoisotopic (exact) mass is 1840 g/mol. The molecule has 2 amide bonds. The molecule has 0 radical (unpaired) electrons. The Morgan fingerprint density at radius 1 is 0.516 bits per heavy atom. The first-order chi connectivity index (χ1) is 60.3. The molecule has 690 valence electrons. The molecular formula is C97H130Cl2N4O20S3. The highest BCUT2D eigenvalue weighted by molar-refractivity contribution is 8.13. The van der Waals surface area contributed by atoms with Gasteiger partial charge in [0, 0.05) is 68.6 Å². The van der Waals surface area contributed by atoms with E-state index in [1.54, 1.807) is 30.3 Å². The summed E-state index contributed by atoms with van der Waals surface area (Å²) in [4.78, 5) is 77.1. The third-order valence-corrected chi connectivity index (χ3v) is 19.0. The van der Waals surface area contributed by atoms with Gasteiger partial charge in [0.15, 0.2) is 0 Å². The van der Waals surface area contributed by atoms with Crippen molar-refractivity contribution in [2.45, 2.75) is 162 Å². The van der Waals surface area contributed by atoms with Gasteiger partial charge < -0.3 is 36.2 Å². The van der Waals surface area contributed by atoms with Gasteiger partial charge in [-0.1, -0.05) is 328 Å². The van der Waals surface area contributed by atoms with Gasteiger partial charge in [0.05, 0.1) is 69.2 Å². The van der Waals surface area contributed by atoms with E-state index in [9.17, 15) is 58.8 Å².